The van der Waals surface area contributed by atoms with Crippen molar-refractivity contribution in [3.63, 3.8) is 0 Å². The monoisotopic (exact) mass is 605 g/mol. The Kier molecular flexibility index (Phi) is 9.07. The fraction of sp³-hybridized carbons (Fsp3) is 0.370. The number of aromatic nitrogens is 2. The third kappa shape index (κ3) is 7.64. The number of carbonyl (C=O) groups is 1. The number of benzene rings is 2. The molecule has 1 aromatic heterocycles. The van der Waals surface area contributed by atoms with Crippen LogP contribution in [0.1, 0.15) is 48.1 Å². The third-order valence-electron chi connectivity index (χ3n) is 6.67. The second-order valence-electron chi connectivity index (χ2n) is 9.57. The molecule has 3 aromatic rings. The summed E-state index contributed by atoms with van der Waals surface area (Å²) in [5, 5.41) is 3.07. The Morgan fingerprint density at radius 2 is 1.73 bits per heavy atom. The van der Waals surface area contributed by atoms with Crippen LogP contribution >= 0.6 is 11.6 Å². The molecule has 14 heteroatoms. The molecule has 0 spiro atoms. The number of carbonyl (C=O) groups excluding carboxylic acids is 1. The molecule has 1 fully saturated rings. The van der Waals surface area contributed by atoms with Gasteiger partial charge in [0.05, 0.1) is 23.8 Å². The maximum atomic E-state index is 15.4. The highest BCUT2D eigenvalue weighted by atomic mass is 35.5. The smallest absolute Gasteiger partial charge is 0.374 e. The van der Waals surface area contributed by atoms with Gasteiger partial charge in [0.2, 0.25) is 5.91 Å². The number of H-pyrrole nitrogens is 1. The van der Waals surface area contributed by atoms with Crippen LogP contribution in [0, 0.1) is 11.7 Å². The van der Waals surface area contributed by atoms with Gasteiger partial charge in [-0.1, -0.05) is 29.8 Å². The molecule has 1 heterocycles. The average molecular weight is 606 g/mol. The van der Waals surface area contributed by atoms with E-state index in [0.29, 0.717) is 43.4 Å². The molecule has 1 saturated carbocycles. The van der Waals surface area contributed by atoms with E-state index in [2.05, 4.69) is 10.3 Å². The maximum Gasteiger partial charge on any atom is 0.433 e. The molecule has 1 aliphatic carbocycles. The van der Waals surface area contributed by atoms with Crippen molar-refractivity contribution in [1.82, 2.24) is 15.3 Å². The highest BCUT2D eigenvalue weighted by Gasteiger charge is 2.39. The second-order valence-corrected chi connectivity index (χ2v) is 10.0. The van der Waals surface area contributed by atoms with E-state index in [1.807, 2.05) is 6.07 Å². The fourth-order valence-corrected chi connectivity index (χ4v) is 4.82. The Labute approximate surface area is 233 Å². The van der Waals surface area contributed by atoms with Gasteiger partial charge in [-0.3, -0.25) is 9.59 Å². The summed E-state index contributed by atoms with van der Waals surface area (Å²) >= 11 is 5.97. The molecule has 1 amide bonds. The van der Waals surface area contributed by atoms with Crippen LogP contribution in [0.5, 0.6) is 0 Å². The first-order valence-electron chi connectivity index (χ1n) is 12.4. The van der Waals surface area contributed by atoms with Gasteiger partial charge < -0.3 is 15.0 Å². The van der Waals surface area contributed by atoms with Crippen LogP contribution in [0.2, 0.25) is 5.02 Å². The SMILES string of the molecule is O=c1cc(C(F)(F)F)nc(-c2c(C(F)(F)F)ccc(CNC(=O)[C@H]3CC[C@H](OCc4cccc(Cl)c4)CC3)c2F)[nH]1. The standard InChI is InChI=1S/C27H23ClF7N3O3/c28-17-3-1-2-14(10-17)13-41-18-7-4-15(5-8-18)25(40)36-12-16-6-9-19(26(30,31)32)22(23(16)29)24-37-20(27(33,34)35)11-21(39)38-24/h1-3,6,9-11,15,18H,4-5,7-8,12-13H2,(H,36,40)(H,37,38,39)/t15-,18-. The van der Waals surface area contributed by atoms with Crippen LogP contribution in [-0.2, 0) is 35.0 Å². The molecular formula is C27H23ClF7N3O3. The maximum absolute atomic E-state index is 15.4. The normalized spacial score (nSPS) is 17.9. The molecule has 1 aliphatic rings. The number of ether oxygens (including phenoxy) is 1. The van der Waals surface area contributed by atoms with Crippen LogP contribution < -0.4 is 10.9 Å². The van der Waals surface area contributed by atoms with E-state index in [-0.39, 0.29) is 12.2 Å². The van der Waals surface area contributed by atoms with Crippen molar-refractivity contribution in [3.8, 4) is 11.4 Å². The molecule has 220 valence electrons. The first kappa shape index (κ1) is 30.5. The van der Waals surface area contributed by atoms with Crippen molar-refractivity contribution in [2.24, 2.45) is 5.92 Å². The molecular weight excluding hydrogens is 583 g/mol. The lowest BCUT2D eigenvalue weighted by Gasteiger charge is -2.28. The predicted octanol–water partition coefficient (Wildman–Crippen LogP) is 6.66. The van der Waals surface area contributed by atoms with E-state index in [1.54, 1.807) is 23.2 Å². The molecule has 2 aromatic carbocycles. The summed E-state index contributed by atoms with van der Waals surface area (Å²) in [6.45, 7) is -0.187. The molecule has 0 atom stereocenters. The Morgan fingerprint density at radius 3 is 2.37 bits per heavy atom. The van der Waals surface area contributed by atoms with Crippen LogP contribution in [0.3, 0.4) is 0 Å². The van der Waals surface area contributed by atoms with Crippen LogP contribution in [0.25, 0.3) is 11.4 Å². The van der Waals surface area contributed by atoms with Gasteiger partial charge in [0.25, 0.3) is 5.56 Å². The van der Waals surface area contributed by atoms with Gasteiger partial charge in [-0.05, 0) is 49.4 Å². The fourth-order valence-electron chi connectivity index (χ4n) is 4.60. The van der Waals surface area contributed by atoms with Gasteiger partial charge in [-0.25, -0.2) is 9.37 Å². The highest BCUT2D eigenvalue weighted by Crippen LogP contribution is 2.39. The minimum atomic E-state index is -5.18. The summed E-state index contributed by atoms with van der Waals surface area (Å²) in [5.41, 5.74) is -5.72. The molecule has 41 heavy (non-hydrogen) atoms. The Hall–Kier alpha value is -3.45. The summed E-state index contributed by atoms with van der Waals surface area (Å²) in [4.78, 5) is 29.3. The number of nitrogens with zero attached hydrogens (tertiary/aromatic N) is 1. The Balaban J connectivity index is 1.45. The molecule has 2 N–H and O–H groups in total. The number of halogens is 8. The van der Waals surface area contributed by atoms with Gasteiger partial charge in [-0.15, -0.1) is 0 Å². The summed E-state index contributed by atoms with van der Waals surface area (Å²) in [6, 6.07) is 8.49. The van der Waals surface area contributed by atoms with E-state index in [4.69, 9.17) is 16.3 Å². The van der Waals surface area contributed by atoms with Crippen molar-refractivity contribution < 1.29 is 40.3 Å². The molecule has 0 saturated heterocycles. The van der Waals surface area contributed by atoms with Crippen molar-refractivity contribution >= 4 is 17.5 Å². The number of amides is 1. The molecule has 0 radical (unpaired) electrons. The number of alkyl halides is 6. The van der Waals surface area contributed by atoms with Crippen molar-refractivity contribution in [2.45, 2.75) is 57.3 Å². The summed E-state index contributed by atoms with van der Waals surface area (Å²) in [5.74, 6) is -3.70. The number of nitrogens with one attached hydrogen (secondary N) is 2. The predicted molar refractivity (Wildman–Crippen MR) is 134 cm³/mol. The minimum Gasteiger partial charge on any atom is -0.374 e. The van der Waals surface area contributed by atoms with E-state index < -0.39 is 70.3 Å². The first-order chi connectivity index (χ1) is 19.2. The number of hydrogen-bond acceptors (Lipinski definition) is 4. The van der Waals surface area contributed by atoms with Crippen LogP contribution in [0.4, 0.5) is 30.7 Å². The number of aromatic amines is 1. The average Bonchev–Trinajstić information content (AvgIpc) is 2.90. The lowest BCUT2D eigenvalue weighted by Crippen LogP contribution is -2.34. The third-order valence-corrected chi connectivity index (χ3v) is 6.90. The second kappa shape index (κ2) is 12.2. The van der Waals surface area contributed by atoms with Crippen LogP contribution in [0.15, 0.2) is 47.3 Å². The Morgan fingerprint density at radius 1 is 1.02 bits per heavy atom. The van der Waals surface area contributed by atoms with Gasteiger partial charge in [0.15, 0.2) is 5.69 Å². The zero-order chi connectivity index (χ0) is 29.9. The first-order valence-corrected chi connectivity index (χ1v) is 12.8. The van der Waals surface area contributed by atoms with Gasteiger partial charge in [-0.2, -0.15) is 26.3 Å². The highest BCUT2D eigenvalue weighted by molar-refractivity contribution is 6.30. The van der Waals surface area contributed by atoms with Crippen molar-refractivity contribution in [1.29, 1.82) is 0 Å². The lowest BCUT2D eigenvalue weighted by molar-refractivity contribution is -0.141. The van der Waals surface area contributed by atoms with Gasteiger partial charge >= 0.3 is 12.4 Å². The van der Waals surface area contributed by atoms with Crippen molar-refractivity contribution in [3.05, 3.63) is 86.0 Å². The molecule has 6 nitrogen and oxygen atoms in total. The summed E-state index contributed by atoms with van der Waals surface area (Å²) in [6.07, 6.45) is -8.36. The van der Waals surface area contributed by atoms with Crippen molar-refractivity contribution in [2.75, 3.05) is 0 Å². The minimum absolute atomic E-state index is 0.0514. The summed E-state index contributed by atoms with van der Waals surface area (Å²) in [7, 11) is 0. The molecule has 0 bridgehead atoms. The zero-order valence-electron chi connectivity index (χ0n) is 21.1. The molecule has 0 aliphatic heterocycles. The van der Waals surface area contributed by atoms with E-state index in [1.165, 1.54) is 0 Å². The van der Waals surface area contributed by atoms with Crippen LogP contribution in [-0.4, -0.2) is 22.0 Å². The number of hydrogen-bond donors (Lipinski definition) is 2. The number of rotatable bonds is 7. The zero-order valence-corrected chi connectivity index (χ0v) is 21.9. The quantitative estimate of drug-likeness (QED) is 0.295. The molecule has 0 unspecified atom stereocenters. The largest absolute Gasteiger partial charge is 0.433 e. The van der Waals surface area contributed by atoms with E-state index in [0.717, 1.165) is 11.6 Å². The lowest BCUT2D eigenvalue weighted by atomic mass is 9.86. The summed E-state index contributed by atoms with van der Waals surface area (Å²) < 4.78 is 102. The topological polar surface area (TPSA) is 84.1 Å². The molecule has 4 rings (SSSR count). The van der Waals surface area contributed by atoms with E-state index in [9.17, 15) is 35.9 Å². The Bertz CT molecular complexity index is 1470. The van der Waals surface area contributed by atoms with Gasteiger partial charge in [0, 0.05) is 29.1 Å². The van der Waals surface area contributed by atoms with E-state index >= 15 is 4.39 Å². The van der Waals surface area contributed by atoms with Gasteiger partial charge in [0.1, 0.15) is 11.6 Å².